The van der Waals surface area contributed by atoms with Crippen LogP contribution in [0.15, 0.2) is 18.5 Å². The van der Waals surface area contributed by atoms with Crippen LogP contribution < -0.4 is 5.32 Å². The first-order valence-corrected chi connectivity index (χ1v) is 6.40. The van der Waals surface area contributed by atoms with Crippen molar-refractivity contribution in [2.45, 2.75) is 45.1 Å². The van der Waals surface area contributed by atoms with Gasteiger partial charge in [-0.2, -0.15) is 0 Å². The van der Waals surface area contributed by atoms with Crippen LogP contribution in [0.1, 0.15) is 50.9 Å². The van der Waals surface area contributed by atoms with Crippen LogP contribution in [0.4, 0.5) is 0 Å². The standard InChI is InChI=1S/C13H21N3/c1-2-8-14-12(7-6-11-4-5-11)13-15-9-3-10-16-13/h3,9-12,14H,2,4-8H2,1H3. The molecule has 1 fully saturated rings. The van der Waals surface area contributed by atoms with Crippen LogP contribution in [-0.2, 0) is 0 Å². The second-order valence-corrected chi connectivity index (χ2v) is 4.63. The molecule has 3 nitrogen and oxygen atoms in total. The maximum absolute atomic E-state index is 4.36. The van der Waals surface area contributed by atoms with Crippen LogP contribution in [0, 0.1) is 5.92 Å². The summed E-state index contributed by atoms with van der Waals surface area (Å²) in [5.74, 6) is 1.94. The van der Waals surface area contributed by atoms with Crippen molar-refractivity contribution in [3.05, 3.63) is 24.3 Å². The minimum atomic E-state index is 0.349. The highest BCUT2D eigenvalue weighted by molar-refractivity contribution is 4.96. The third-order valence-electron chi connectivity index (χ3n) is 3.10. The number of hydrogen-bond donors (Lipinski definition) is 1. The second kappa shape index (κ2) is 5.94. The summed E-state index contributed by atoms with van der Waals surface area (Å²) in [5.41, 5.74) is 0. The Hall–Kier alpha value is -0.960. The number of hydrogen-bond acceptors (Lipinski definition) is 3. The zero-order valence-corrected chi connectivity index (χ0v) is 10.0. The van der Waals surface area contributed by atoms with Crippen molar-refractivity contribution in [3.8, 4) is 0 Å². The third kappa shape index (κ3) is 3.56. The van der Waals surface area contributed by atoms with Crippen LogP contribution in [0.2, 0.25) is 0 Å². The fourth-order valence-corrected chi connectivity index (χ4v) is 1.94. The molecule has 1 saturated carbocycles. The summed E-state index contributed by atoms with van der Waals surface area (Å²) >= 11 is 0. The lowest BCUT2D eigenvalue weighted by molar-refractivity contribution is 0.451. The summed E-state index contributed by atoms with van der Waals surface area (Å²) in [7, 11) is 0. The molecule has 1 aliphatic rings. The van der Waals surface area contributed by atoms with Crippen molar-refractivity contribution in [3.63, 3.8) is 0 Å². The lowest BCUT2D eigenvalue weighted by atomic mass is 10.1. The van der Waals surface area contributed by atoms with E-state index in [1.165, 1.54) is 25.7 Å². The molecule has 1 aliphatic carbocycles. The molecule has 0 amide bonds. The van der Waals surface area contributed by atoms with E-state index in [0.29, 0.717) is 6.04 Å². The average Bonchev–Trinajstić information content (AvgIpc) is 3.14. The van der Waals surface area contributed by atoms with E-state index in [1.54, 1.807) is 0 Å². The van der Waals surface area contributed by atoms with E-state index < -0.39 is 0 Å². The Morgan fingerprint density at radius 2 is 2.12 bits per heavy atom. The van der Waals surface area contributed by atoms with E-state index in [0.717, 1.165) is 24.7 Å². The van der Waals surface area contributed by atoms with Gasteiger partial charge in [-0.15, -0.1) is 0 Å². The van der Waals surface area contributed by atoms with E-state index in [1.807, 2.05) is 18.5 Å². The summed E-state index contributed by atoms with van der Waals surface area (Å²) in [6, 6.07) is 2.23. The first-order valence-electron chi connectivity index (χ1n) is 6.40. The largest absolute Gasteiger partial charge is 0.307 e. The van der Waals surface area contributed by atoms with Crippen molar-refractivity contribution < 1.29 is 0 Å². The SMILES string of the molecule is CCCNC(CCC1CC1)c1ncccn1. The molecule has 0 spiro atoms. The van der Waals surface area contributed by atoms with Crippen molar-refractivity contribution in [1.82, 2.24) is 15.3 Å². The number of nitrogens with one attached hydrogen (secondary N) is 1. The summed E-state index contributed by atoms with van der Waals surface area (Å²) in [6.45, 7) is 3.24. The van der Waals surface area contributed by atoms with Gasteiger partial charge in [0.1, 0.15) is 5.82 Å². The number of aromatic nitrogens is 2. The molecule has 2 rings (SSSR count). The molecular formula is C13H21N3. The summed E-state index contributed by atoms with van der Waals surface area (Å²) in [4.78, 5) is 8.71. The molecule has 88 valence electrons. The van der Waals surface area contributed by atoms with E-state index in [9.17, 15) is 0 Å². The lowest BCUT2D eigenvalue weighted by Gasteiger charge is -2.16. The predicted octanol–water partition coefficient (Wildman–Crippen LogP) is 2.71. The smallest absolute Gasteiger partial charge is 0.145 e. The van der Waals surface area contributed by atoms with Crippen molar-refractivity contribution in [2.24, 2.45) is 5.92 Å². The van der Waals surface area contributed by atoms with E-state index in [-0.39, 0.29) is 0 Å². The van der Waals surface area contributed by atoms with E-state index in [4.69, 9.17) is 0 Å². The van der Waals surface area contributed by atoms with Gasteiger partial charge in [0.25, 0.3) is 0 Å². The predicted molar refractivity (Wildman–Crippen MR) is 65.0 cm³/mol. The molecule has 16 heavy (non-hydrogen) atoms. The quantitative estimate of drug-likeness (QED) is 0.766. The Kier molecular flexibility index (Phi) is 4.28. The topological polar surface area (TPSA) is 37.8 Å². The van der Waals surface area contributed by atoms with Gasteiger partial charge in [0.15, 0.2) is 0 Å². The van der Waals surface area contributed by atoms with Gasteiger partial charge in [0, 0.05) is 12.4 Å². The van der Waals surface area contributed by atoms with Crippen LogP contribution in [0.5, 0.6) is 0 Å². The summed E-state index contributed by atoms with van der Waals surface area (Å²) < 4.78 is 0. The molecule has 1 aromatic heterocycles. The van der Waals surface area contributed by atoms with E-state index in [2.05, 4.69) is 22.2 Å². The molecule has 1 unspecified atom stereocenters. The van der Waals surface area contributed by atoms with E-state index >= 15 is 0 Å². The molecule has 0 saturated heterocycles. The van der Waals surface area contributed by atoms with Gasteiger partial charge in [-0.1, -0.05) is 19.8 Å². The minimum Gasteiger partial charge on any atom is -0.307 e. The second-order valence-electron chi connectivity index (χ2n) is 4.63. The molecule has 1 heterocycles. The number of nitrogens with zero attached hydrogens (tertiary/aromatic N) is 2. The molecule has 1 N–H and O–H groups in total. The molecule has 0 radical (unpaired) electrons. The molecular weight excluding hydrogens is 198 g/mol. The first kappa shape index (κ1) is 11.5. The van der Waals surface area contributed by atoms with Gasteiger partial charge >= 0.3 is 0 Å². The highest BCUT2D eigenvalue weighted by Gasteiger charge is 2.23. The number of rotatable bonds is 7. The van der Waals surface area contributed by atoms with Crippen molar-refractivity contribution in [1.29, 1.82) is 0 Å². The van der Waals surface area contributed by atoms with Crippen molar-refractivity contribution >= 4 is 0 Å². The van der Waals surface area contributed by atoms with Gasteiger partial charge in [0.2, 0.25) is 0 Å². The molecule has 3 heteroatoms. The lowest BCUT2D eigenvalue weighted by Crippen LogP contribution is -2.24. The Morgan fingerprint density at radius 1 is 1.38 bits per heavy atom. The summed E-state index contributed by atoms with van der Waals surface area (Å²) in [6.07, 6.45) is 10.2. The molecule has 0 aromatic carbocycles. The average molecular weight is 219 g/mol. The van der Waals surface area contributed by atoms with Gasteiger partial charge in [-0.05, 0) is 37.8 Å². The zero-order chi connectivity index (χ0) is 11.2. The van der Waals surface area contributed by atoms with Crippen LogP contribution in [0.25, 0.3) is 0 Å². The highest BCUT2D eigenvalue weighted by atomic mass is 15.0. The normalized spacial score (nSPS) is 17.3. The Balaban J connectivity index is 1.89. The molecule has 0 bridgehead atoms. The van der Waals surface area contributed by atoms with Crippen LogP contribution in [-0.4, -0.2) is 16.5 Å². The van der Waals surface area contributed by atoms with Gasteiger partial charge in [-0.25, -0.2) is 9.97 Å². The van der Waals surface area contributed by atoms with Crippen LogP contribution >= 0.6 is 0 Å². The van der Waals surface area contributed by atoms with Crippen LogP contribution in [0.3, 0.4) is 0 Å². The third-order valence-corrected chi connectivity index (χ3v) is 3.10. The molecule has 1 aromatic rings. The molecule has 1 atom stereocenters. The van der Waals surface area contributed by atoms with Gasteiger partial charge < -0.3 is 5.32 Å². The minimum absolute atomic E-state index is 0.349. The Morgan fingerprint density at radius 3 is 2.75 bits per heavy atom. The summed E-state index contributed by atoms with van der Waals surface area (Å²) in [5, 5.41) is 3.54. The fourth-order valence-electron chi connectivity index (χ4n) is 1.94. The highest BCUT2D eigenvalue weighted by Crippen LogP contribution is 2.35. The van der Waals surface area contributed by atoms with Gasteiger partial charge in [-0.3, -0.25) is 0 Å². The van der Waals surface area contributed by atoms with Gasteiger partial charge in [0.05, 0.1) is 6.04 Å². The Bertz CT molecular complexity index is 295. The Labute approximate surface area is 97.7 Å². The zero-order valence-electron chi connectivity index (χ0n) is 10.0. The molecule has 0 aliphatic heterocycles. The first-order chi connectivity index (χ1) is 7.90. The maximum Gasteiger partial charge on any atom is 0.145 e. The fraction of sp³-hybridized carbons (Fsp3) is 0.692. The monoisotopic (exact) mass is 219 g/mol. The maximum atomic E-state index is 4.36. The van der Waals surface area contributed by atoms with Crippen molar-refractivity contribution in [2.75, 3.05) is 6.54 Å².